The number of hydrogen-bond donors (Lipinski definition) is 0. The first-order chi connectivity index (χ1) is 66.4. The first kappa shape index (κ1) is 82.5. The third-order valence-corrected chi connectivity index (χ3v) is 29.2. The summed E-state index contributed by atoms with van der Waals surface area (Å²) in [6, 6.07) is 135. The van der Waals surface area contributed by atoms with Gasteiger partial charge in [-0.2, -0.15) is 0 Å². The topological polar surface area (TPSA) is 29.8 Å². The molecule has 8 heteroatoms. The van der Waals surface area contributed by atoms with Crippen LogP contribution in [-0.2, 0) is 53.1 Å². The Hall–Kier alpha value is -16.7. The second kappa shape index (κ2) is 32.7. The molecule has 0 fully saturated rings. The van der Waals surface area contributed by atoms with Crippen LogP contribution in [0.1, 0.15) is 49.9 Å². The van der Waals surface area contributed by atoms with Crippen molar-refractivity contribution in [3.05, 3.63) is 461 Å². The van der Waals surface area contributed by atoms with Crippen molar-refractivity contribution in [1.29, 1.82) is 0 Å². The Morgan fingerprint density at radius 1 is 0.176 bits per heavy atom. The molecule has 8 nitrogen and oxygen atoms in total. The Balaban J connectivity index is 0.000000116. The summed E-state index contributed by atoms with van der Waals surface area (Å²) in [5.74, 6) is 0. The van der Waals surface area contributed by atoms with Crippen LogP contribution < -0.4 is 37.2 Å². The van der Waals surface area contributed by atoms with Crippen LogP contribution in [0.15, 0.2) is 438 Å². The predicted octanol–water partition coefficient (Wildman–Crippen LogP) is 28.8. The van der Waals surface area contributed by atoms with Crippen LogP contribution in [0.25, 0.3) is 186 Å². The zero-order chi connectivity index (χ0) is 91.9. The van der Waals surface area contributed by atoms with E-state index in [0.29, 0.717) is 0 Å². The Morgan fingerprint density at radius 3 is 0.926 bits per heavy atom. The maximum atomic E-state index is 2.58. The second-order valence-corrected chi connectivity index (χ2v) is 38.3. The van der Waals surface area contributed by atoms with Gasteiger partial charge < -0.3 is 9.80 Å². The fraction of sp³-hybridized carbons (Fsp3) is 0.0938. The number of nitrogens with zero attached hydrogens (tertiary/aromatic N) is 8. The number of benzene rings is 18. The molecule has 0 unspecified atom stereocenters. The van der Waals surface area contributed by atoms with Crippen molar-refractivity contribution in [2.24, 2.45) is 42.3 Å². The molecule has 136 heavy (non-hydrogen) atoms. The smallest absolute Gasteiger partial charge is 0.169 e. The fourth-order valence-corrected chi connectivity index (χ4v) is 22.2. The van der Waals surface area contributed by atoms with E-state index in [2.05, 4.69) is 531 Å². The molecule has 0 saturated heterocycles. The van der Waals surface area contributed by atoms with E-state index in [0.717, 1.165) is 34.1 Å². The van der Waals surface area contributed by atoms with Crippen LogP contribution in [0.4, 0.5) is 34.1 Å². The Bertz CT molecular complexity index is 8630. The van der Waals surface area contributed by atoms with Gasteiger partial charge in [0.15, 0.2) is 74.4 Å². The highest BCUT2D eigenvalue weighted by molar-refractivity contribution is 6.32. The molecule has 6 aromatic heterocycles. The summed E-state index contributed by atoms with van der Waals surface area (Å²) in [4.78, 5) is 4.84. The van der Waals surface area contributed by atoms with Crippen molar-refractivity contribution in [3.8, 4) is 89.0 Å². The second-order valence-electron chi connectivity index (χ2n) is 38.3. The highest BCUT2D eigenvalue weighted by atomic mass is 15.2. The van der Waals surface area contributed by atoms with Gasteiger partial charge in [-0.25, -0.2) is 27.4 Å². The van der Waals surface area contributed by atoms with Gasteiger partial charge in [-0.3, -0.25) is 0 Å². The Kier molecular flexibility index (Phi) is 19.8. The van der Waals surface area contributed by atoms with Crippen LogP contribution in [0.3, 0.4) is 0 Å². The maximum absolute atomic E-state index is 2.58. The first-order valence-corrected chi connectivity index (χ1v) is 47.2. The minimum Gasteiger partial charge on any atom is -0.309 e. The molecule has 2 aliphatic rings. The van der Waals surface area contributed by atoms with E-state index in [9.17, 15) is 0 Å². The number of aryl methyl sites for hydroxylation is 6. The summed E-state index contributed by atoms with van der Waals surface area (Å²) in [5, 5.41) is 23.3. The molecular weight excluding hydrogens is 1650 g/mol. The molecule has 0 bridgehead atoms. The minimum absolute atomic E-state index is 0.0944. The zero-order valence-electron chi connectivity index (χ0n) is 78.1. The molecule has 648 valence electrons. The number of hydrogen-bond acceptors (Lipinski definition) is 2. The fourth-order valence-electron chi connectivity index (χ4n) is 22.2. The molecule has 2 aliphatic carbocycles. The van der Waals surface area contributed by atoms with Crippen molar-refractivity contribution in [1.82, 2.24) is 0 Å². The summed E-state index contributed by atoms with van der Waals surface area (Å²) in [6.07, 6.45) is 25.5. The van der Waals surface area contributed by atoms with Crippen molar-refractivity contribution in [2.75, 3.05) is 9.80 Å². The quantitative estimate of drug-likeness (QED) is 0.0528. The van der Waals surface area contributed by atoms with E-state index in [1.807, 2.05) is 14.1 Å². The molecule has 0 N–H and O–H groups in total. The van der Waals surface area contributed by atoms with E-state index in [-0.39, 0.29) is 10.8 Å². The molecule has 24 aromatic rings. The monoisotopic (exact) mass is 1750 g/mol. The molecule has 0 amide bonds. The van der Waals surface area contributed by atoms with Gasteiger partial charge in [-0.1, -0.05) is 240 Å². The van der Waals surface area contributed by atoms with Gasteiger partial charge in [0.1, 0.15) is 42.3 Å². The highest BCUT2D eigenvalue weighted by Crippen LogP contribution is 2.61. The lowest BCUT2D eigenvalue weighted by atomic mass is 9.78. The molecule has 0 aliphatic heterocycles. The molecule has 0 atom stereocenters. The Labute approximate surface area is 793 Å². The predicted molar refractivity (Wildman–Crippen MR) is 563 cm³/mol. The zero-order valence-corrected chi connectivity index (χ0v) is 78.1. The van der Waals surface area contributed by atoms with Gasteiger partial charge in [0.05, 0.1) is 11.4 Å². The van der Waals surface area contributed by atoms with E-state index < -0.39 is 0 Å². The number of para-hydroxylation sites is 2. The normalized spacial score (nSPS) is 12.8. The van der Waals surface area contributed by atoms with Gasteiger partial charge in [0.2, 0.25) is 0 Å². The molecule has 6 heterocycles. The lowest BCUT2D eigenvalue weighted by molar-refractivity contribution is -0.671. The Morgan fingerprint density at radius 2 is 0.485 bits per heavy atom. The largest absolute Gasteiger partial charge is 0.309 e. The highest BCUT2D eigenvalue weighted by Gasteiger charge is 2.44. The van der Waals surface area contributed by atoms with Gasteiger partial charge >= 0.3 is 0 Å². The van der Waals surface area contributed by atoms with Gasteiger partial charge in [-0.15, -0.1) is 0 Å². The van der Waals surface area contributed by atoms with Gasteiger partial charge in [0.25, 0.3) is 0 Å². The average molecular weight is 1750 g/mol. The standard InChI is InChI=1S/C50H40N4.C50H40N2.C28H22N2/c1-51-33-29-39(30-34-51)37-21-25-43(26-22-37)54(44-27-23-38(24-28-44)40-31-35-52(2)36-32-40)50-47-19-11-9-17-45(47)49(46-18-10-12-20-48(46)50)53(41-13-5-3-6-14-41)42-15-7-4-8-16-42;1-49(2)41-16-11-29-9-7-8-10-34(29)46(41)39-27-43-40(28-42(39)49)47-37-15-14-35-33(30-17-21-51(5)22-18-30)12-13-36-38(31-19-23-52(6)24-20-31)25-32(45(37)48(35)36)26-44(47)50(43,3)4;1-29-14-10-19(11-15-29)23-8-9-25-26(20-12-16-30(2)17-13-20)18-22-5-3-4-21-6-7-24(23)28(25)27(21)22/h3-36H,1-2H3;7-28H,1-6H3;3-18H,1-2H3/q3*+2. The SMILES string of the molecule is C[n+]1ccc(-c2ccc(N(c3ccc(-c4cc[n+](C)cc4)cc3)c3c4ccccc4c(N(c4ccccc4)c4ccccc4)c4ccccc34)cc2)cc1.C[n+]1ccc(-c2ccc3c(-c4cc[n+](C)cc4)cc4cc5c(c6ccc2c3c46)-c2cc3c(cc2C5(C)C)-c2c(ccc4ccccc24)C3(C)C)cc1.C[n+]1ccc(-c2ccc3c(-c4cc[n+](C)cc4)cc4cccc5ccc2c3c54)cc1. The van der Waals surface area contributed by atoms with E-state index >= 15 is 0 Å². The summed E-state index contributed by atoms with van der Waals surface area (Å²) in [7, 11) is 12.4. The summed E-state index contributed by atoms with van der Waals surface area (Å²) in [6.45, 7) is 9.72. The molecule has 26 rings (SSSR count). The minimum atomic E-state index is -0.160. The van der Waals surface area contributed by atoms with Crippen LogP contribution in [-0.4, -0.2) is 0 Å². The van der Waals surface area contributed by atoms with Crippen LogP contribution in [0.5, 0.6) is 0 Å². The third kappa shape index (κ3) is 13.8. The first-order valence-electron chi connectivity index (χ1n) is 47.2. The van der Waals surface area contributed by atoms with Gasteiger partial charge in [0, 0.05) is 128 Å². The molecule has 0 saturated carbocycles. The van der Waals surface area contributed by atoms with E-state index in [4.69, 9.17) is 0 Å². The number of fused-ring (bicyclic) bond motifs is 11. The van der Waals surface area contributed by atoms with Crippen LogP contribution in [0, 0.1) is 0 Å². The van der Waals surface area contributed by atoms with Gasteiger partial charge in [-0.05, 0) is 266 Å². The summed E-state index contributed by atoms with van der Waals surface area (Å²) in [5.41, 5.74) is 32.6. The summed E-state index contributed by atoms with van der Waals surface area (Å²) >= 11 is 0. The van der Waals surface area contributed by atoms with Crippen molar-refractivity contribution < 1.29 is 27.4 Å². The molecule has 0 radical (unpaired) electrons. The lowest BCUT2D eigenvalue weighted by Crippen LogP contribution is -2.25. The van der Waals surface area contributed by atoms with Crippen molar-refractivity contribution in [3.63, 3.8) is 0 Å². The van der Waals surface area contributed by atoms with Crippen LogP contribution in [0.2, 0.25) is 0 Å². The van der Waals surface area contributed by atoms with Crippen molar-refractivity contribution in [2.45, 2.75) is 38.5 Å². The van der Waals surface area contributed by atoms with E-state index in [1.165, 1.54) is 208 Å². The van der Waals surface area contributed by atoms with Crippen molar-refractivity contribution >= 4 is 131 Å². The van der Waals surface area contributed by atoms with E-state index in [1.54, 1.807) is 0 Å². The number of rotatable bonds is 12. The molecular formula is C128H102N8+6. The van der Waals surface area contributed by atoms with Crippen LogP contribution >= 0.6 is 0 Å². The molecule has 0 spiro atoms. The average Bonchev–Trinajstić information content (AvgIpc) is 1.54. The lowest BCUT2D eigenvalue weighted by Gasteiger charge is -2.33. The molecule has 18 aromatic carbocycles. The third-order valence-electron chi connectivity index (χ3n) is 29.2. The number of aromatic nitrogens is 6. The number of pyridine rings is 6. The summed E-state index contributed by atoms with van der Waals surface area (Å²) < 4.78 is 12.5. The number of anilines is 6. The maximum Gasteiger partial charge on any atom is 0.169 e.